The number of thiazole rings is 2. The fraction of sp³-hybridized carbons (Fsp3) is 0.479. The summed E-state index contributed by atoms with van der Waals surface area (Å²) in [4.78, 5) is 155. The van der Waals surface area contributed by atoms with Gasteiger partial charge in [0.25, 0.3) is 0 Å². The minimum atomic E-state index is -1.52. The summed E-state index contributed by atoms with van der Waals surface area (Å²) >= 11 is 2.48. The predicted molar refractivity (Wildman–Crippen MR) is 389 cm³/mol. The number of anilines is 2. The van der Waals surface area contributed by atoms with E-state index in [1.165, 1.54) is 66.6 Å². The number of fused-ring (bicyclic) bond motifs is 2. The van der Waals surface area contributed by atoms with E-state index in [4.69, 9.17) is 46.0 Å². The number of aliphatic carboxylic acids is 1. The summed E-state index contributed by atoms with van der Waals surface area (Å²) < 4.78 is 34.8. The molecule has 6 aromatic rings. The average molecular weight is 1470 g/mol. The van der Waals surface area contributed by atoms with E-state index in [2.05, 4.69) is 49.3 Å². The second-order valence-corrected chi connectivity index (χ2v) is 31.1. The first-order valence-corrected chi connectivity index (χ1v) is 35.4. The van der Waals surface area contributed by atoms with Crippen LogP contribution in [0, 0.1) is 34.5 Å². The molecule has 0 spiro atoms. The Balaban J connectivity index is 0.000000242. The van der Waals surface area contributed by atoms with Crippen LogP contribution in [0.1, 0.15) is 115 Å². The van der Waals surface area contributed by atoms with Crippen molar-refractivity contribution in [3.05, 3.63) is 84.6 Å². The van der Waals surface area contributed by atoms with Crippen molar-refractivity contribution in [2.45, 2.75) is 156 Å². The van der Waals surface area contributed by atoms with Gasteiger partial charge in [-0.3, -0.25) is 24.0 Å². The van der Waals surface area contributed by atoms with E-state index >= 15 is 0 Å². The van der Waals surface area contributed by atoms with Crippen LogP contribution in [0.4, 0.5) is 10.3 Å². The van der Waals surface area contributed by atoms with E-state index in [1.807, 2.05) is 26.8 Å². The van der Waals surface area contributed by atoms with Crippen LogP contribution in [0.15, 0.2) is 89.5 Å². The first-order chi connectivity index (χ1) is 48.9. The van der Waals surface area contributed by atoms with Gasteiger partial charge in [-0.2, -0.15) is 0 Å². The third-order valence-electron chi connectivity index (χ3n) is 18.6. The third-order valence-corrected chi connectivity index (χ3v) is 20.1. The summed E-state index contributed by atoms with van der Waals surface area (Å²) in [6.45, 7) is 26.5. The Morgan fingerprint density at radius 2 is 1.06 bits per heavy atom. The van der Waals surface area contributed by atoms with Gasteiger partial charge in [0.15, 0.2) is 10.3 Å². The number of pyridine rings is 2. The number of nitrogens with one attached hydrogen (secondary N) is 4. The van der Waals surface area contributed by atoms with E-state index in [0.717, 1.165) is 0 Å². The molecule has 0 bridgehead atoms. The number of carbonyl (C=O) groups excluding carboxylic acids is 9. The molecule has 4 aliphatic rings. The number of hydrogen-bond acceptors (Lipinski definition) is 22. The molecular weight excluding hydrogens is 1380 g/mol. The average Bonchev–Trinajstić information content (AvgIpc) is 1.58. The van der Waals surface area contributed by atoms with E-state index < -0.39 is 117 Å². The Hall–Kier alpha value is -10.0. The molecule has 2 unspecified atom stereocenters. The summed E-state index contributed by atoms with van der Waals surface area (Å²) in [5, 5.41) is 26.5. The van der Waals surface area contributed by atoms with Gasteiger partial charge in [-0.05, 0) is 50.8 Å². The second kappa shape index (κ2) is 31.1. The van der Waals surface area contributed by atoms with Crippen LogP contribution < -0.4 is 40.2 Å². The molecule has 2 aliphatic heterocycles. The number of esters is 2. The van der Waals surface area contributed by atoms with Gasteiger partial charge in [0.05, 0.1) is 51.4 Å². The van der Waals surface area contributed by atoms with Gasteiger partial charge in [-0.25, -0.2) is 24.7 Å². The summed E-state index contributed by atoms with van der Waals surface area (Å²) in [6, 6.07) is 11.9. The van der Waals surface area contributed by atoms with E-state index in [1.54, 1.807) is 108 Å². The molecule has 28 nitrogen and oxygen atoms in total. The van der Waals surface area contributed by atoms with Crippen molar-refractivity contribution < 1.29 is 81.5 Å². The molecule has 10 atom stereocenters. The van der Waals surface area contributed by atoms with E-state index in [-0.39, 0.29) is 62.9 Å². The number of carboxylic acid groups (broad SMARTS) is 1. The fourth-order valence-electron chi connectivity index (χ4n) is 12.9. The number of carboxylic acids is 1. The van der Waals surface area contributed by atoms with Crippen molar-refractivity contribution in [2.75, 3.05) is 45.1 Å². The number of benzene rings is 2. The van der Waals surface area contributed by atoms with Gasteiger partial charge in [0.2, 0.25) is 23.6 Å². The molecule has 31 heteroatoms. The van der Waals surface area contributed by atoms with Crippen LogP contribution in [0.25, 0.3) is 44.6 Å². The molecule has 7 amide bonds. The Kier molecular flexibility index (Phi) is 23.4. The molecule has 4 fully saturated rings. The van der Waals surface area contributed by atoms with Crippen molar-refractivity contribution in [1.82, 2.24) is 40.4 Å². The van der Waals surface area contributed by atoms with Crippen molar-refractivity contribution in [3.63, 3.8) is 0 Å². The number of ether oxygens (including phenoxy) is 6. The number of methoxy groups -OCH3 is 3. The minimum absolute atomic E-state index is 0.00656. The first-order valence-electron chi connectivity index (χ1n) is 33.6. The monoisotopic (exact) mass is 1460 g/mol. The zero-order chi connectivity index (χ0) is 76.3. The molecule has 10 rings (SSSR count). The van der Waals surface area contributed by atoms with Crippen molar-refractivity contribution in [1.29, 1.82) is 0 Å². The van der Waals surface area contributed by atoms with Gasteiger partial charge in [0, 0.05) is 60.5 Å². The maximum atomic E-state index is 14.6. The SMILES string of the molecule is C=CC1C[C@]1(NC(=O)[C@@H]1C[C@@H](Oc2cc(-c3csc(NC(C)=O)n3)nc3cc(OC)ccc23)CN1C(=O)[C@@H](CC(=O)OC(C)(C)C)C(C)(C)C)C(=O)OC.[B]=NC(=O)C[C@H](C(=O)N1C[C@H](Oc2cc(-c3csc(NC(C)=O)n3)nc3cc(OC)ccc23)C[C@H]1C(=O)N[C@]1(C(=O)O)CC1C=C)C(C)(C)C. The molecule has 4 aromatic heterocycles. The Morgan fingerprint density at radius 1 is 0.635 bits per heavy atom. The van der Waals surface area contributed by atoms with Crippen molar-refractivity contribution >= 4 is 122 Å². The van der Waals surface area contributed by atoms with Gasteiger partial charge < -0.3 is 44.5 Å². The molecule has 1 radical (unpaired) electrons. The van der Waals surface area contributed by atoms with E-state index in [9.17, 15) is 53.1 Å². The predicted octanol–water partition coefficient (Wildman–Crippen LogP) is 9.05. The zero-order valence-electron chi connectivity index (χ0n) is 60.6. The first kappa shape index (κ1) is 78.1. The third kappa shape index (κ3) is 17.8. The van der Waals surface area contributed by atoms with Crippen LogP contribution >= 0.6 is 22.7 Å². The second-order valence-electron chi connectivity index (χ2n) is 29.3. The molecule has 2 aromatic carbocycles. The van der Waals surface area contributed by atoms with Crippen LogP contribution in [-0.2, 0) is 57.4 Å². The summed E-state index contributed by atoms with van der Waals surface area (Å²) in [7, 11) is 9.58. The Bertz CT molecular complexity index is 4410. The number of carbonyl (C=O) groups is 10. The van der Waals surface area contributed by atoms with Gasteiger partial charge in [-0.1, -0.05) is 26.8 Å². The van der Waals surface area contributed by atoms with Crippen LogP contribution in [0.3, 0.4) is 0 Å². The number of hydrogen-bond donors (Lipinski definition) is 5. The van der Waals surface area contributed by atoms with Crippen LogP contribution in [-0.4, -0.2) is 177 Å². The van der Waals surface area contributed by atoms with Gasteiger partial charge >= 0.3 is 209 Å². The number of amides is 7. The number of likely N-dealkylation sites (tertiary alicyclic amines) is 2. The molecule has 2 saturated carbocycles. The molecule has 551 valence electrons. The number of aromatic nitrogens is 4. The molecule has 2 aliphatic carbocycles. The standard InChI is InChI=1S/C39H49N5O9S.C34H38BN6O8S/c1-11-22-18-39(22,35(49)51-10)43-33(47)30-15-24(19-44(30)34(48)26(37(3,4)5)16-32(46)53-38(6,7)8)52-31-17-28(29-20-54-36(42-29)40-21(2)45)41-27-14-23(50-9)12-13-25(27)31;1-7-18-14-34(18,31(46)47)39-29(44)26-11-20(15-41(26)30(45)22(33(3,4)5)12-28(43)40-35)49-27-13-24(25-16-50-32(38-25)36-17(2)42)37-23-10-19(48-6)8-9-21(23)27/h11-14,17,20,22,24,26,30H,1,15-16,18-19H2,2-10H3,(H,43,47)(H,40,42,45);7-10,13,16,18,20,22,26H,1,11-12,14-15H2,2-6H3,(H,39,44)(H,46,47)(H,36,38,42)/t22?,24-,26-,30+,39-;18?,20-,22-,26+,34-/m11/s1. The van der Waals surface area contributed by atoms with Crippen molar-refractivity contribution in [2.24, 2.45) is 39.4 Å². The molecule has 104 heavy (non-hydrogen) atoms. The maximum absolute atomic E-state index is 14.6. The fourth-order valence-corrected chi connectivity index (χ4v) is 14.4. The van der Waals surface area contributed by atoms with E-state index in [0.29, 0.717) is 84.3 Å². The van der Waals surface area contributed by atoms with Crippen LogP contribution in [0.5, 0.6) is 23.0 Å². The molecule has 5 N–H and O–H groups in total. The van der Waals surface area contributed by atoms with Gasteiger partial charge in [0.1, 0.15) is 51.9 Å². The number of nitrogens with zero attached hydrogens (tertiary/aromatic N) is 7. The Labute approximate surface area is 610 Å². The summed E-state index contributed by atoms with van der Waals surface area (Å²) in [5.41, 5.74) is -2.02. The normalized spacial score (nSPS) is 21.7. The zero-order valence-corrected chi connectivity index (χ0v) is 62.3. The number of rotatable bonds is 24. The topological polar surface area (TPSA) is 365 Å². The van der Waals surface area contributed by atoms with Gasteiger partial charge in [-0.15, -0.1) is 35.8 Å². The molecular formula is C73H87BN11O17S2. The molecule has 2 saturated heterocycles. The summed E-state index contributed by atoms with van der Waals surface area (Å²) in [5.74, 6) is -6.24. The summed E-state index contributed by atoms with van der Waals surface area (Å²) in [6.07, 6.45) is 1.77. The van der Waals surface area contributed by atoms with Crippen molar-refractivity contribution in [3.8, 4) is 45.8 Å². The quantitative estimate of drug-likeness (QED) is 0.0214. The van der Waals surface area contributed by atoms with Crippen LogP contribution in [0.2, 0.25) is 0 Å². The molecule has 6 heterocycles. The Morgan fingerprint density at radius 3 is 1.42 bits per heavy atom.